The summed E-state index contributed by atoms with van der Waals surface area (Å²) in [5.41, 5.74) is 0. The second-order valence-electron chi connectivity index (χ2n) is 3.05. The number of carbonyl (C=O) groups is 3. The van der Waals surface area contributed by atoms with Gasteiger partial charge in [0, 0.05) is 0 Å². The molecule has 82 valence electrons. The minimum absolute atomic E-state index is 0.175. The second kappa shape index (κ2) is 3.47. The number of hydrogen-bond donors (Lipinski definition) is 0. The average molecular weight is 252 g/mol. The van der Waals surface area contributed by atoms with Gasteiger partial charge in [-0.2, -0.15) is 0 Å². The molecule has 0 N–H and O–H groups in total. The van der Waals surface area contributed by atoms with Crippen molar-refractivity contribution in [3.05, 3.63) is 0 Å². The second-order valence-corrected chi connectivity index (χ2v) is 6.01. The zero-order valence-corrected chi connectivity index (χ0v) is 9.15. The molecule has 0 amide bonds. The monoisotopic (exact) mass is 251 g/mol. The summed E-state index contributed by atoms with van der Waals surface area (Å²) >= 11 is 5.65. The van der Waals surface area contributed by atoms with Crippen LogP contribution in [-0.2, 0) is 27.7 Å². The summed E-state index contributed by atoms with van der Waals surface area (Å²) < 4.78 is 13.9. The van der Waals surface area contributed by atoms with Crippen LogP contribution in [0.5, 0.6) is 0 Å². The zero-order chi connectivity index (χ0) is 11.1. The molecule has 3 aliphatic rings. The van der Waals surface area contributed by atoms with E-state index in [0.717, 1.165) is 0 Å². The Morgan fingerprint density at radius 2 is 1.27 bits per heavy atom. The van der Waals surface area contributed by atoms with E-state index in [2.05, 4.69) is 13.3 Å². The van der Waals surface area contributed by atoms with Crippen molar-refractivity contribution in [1.29, 1.82) is 0 Å². The third-order valence-corrected chi connectivity index (χ3v) is 3.87. The van der Waals surface area contributed by atoms with E-state index in [-0.39, 0.29) is 19.6 Å². The van der Waals surface area contributed by atoms with Crippen LogP contribution in [0.1, 0.15) is 0 Å². The number of fused-ring (bicyclic) bond motifs is 6. The Bertz CT molecular complexity index is 296. The molecule has 0 saturated carbocycles. The van der Waals surface area contributed by atoms with Gasteiger partial charge in [-0.05, 0) is 11.1 Å². The first-order valence-corrected chi connectivity index (χ1v) is 6.77. The molecule has 3 fully saturated rings. The molecular weight excluding hydrogens is 246 g/mol. The van der Waals surface area contributed by atoms with Crippen molar-refractivity contribution in [2.24, 2.45) is 0 Å². The molecule has 3 heterocycles. The average Bonchev–Trinajstić information content (AvgIpc) is 1.95. The van der Waals surface area contributed by atoms with E-state index in [1.54, 1.807) is 0 Å². The lowest BCUT2D eigenvalue weighted by Gasteiger charge is -2.31. The first-order valence-electron chi connectivity index (χ1n) is 4.04. The first kappa shape index (κ1) is 10.4. The molecule has 2 bridgehead atoms. The molecular formula is C6H6ClNO6Si. The predicted octanol–water partition coefficient (Wildman–Crippen LogP) is -1.38. The maximum Gasteiger partial charge on any atom is 0.823 e. The quantitative estimate of drug-likeness (QED) is 0.388. The Labute approximate surface area is 89.9 Å². The number of carbonyl (C=O) groups excluding carboxylic acids is 3. The van der Waals surface area contributed by atoms with Gasteiger partial charge >= 0.3 is 26.0 Å². The van der Waals surface area contributed by atoms with Gasteiger partial charge in [-0.1, -0.05) is 0 Å². The lowest BCUT2D eigenvalue weighted by molar-refractivity contribution is -0.159. The summed E-state index contributed by atoms with van der Waals surface area (Å²) in [4.78, 5) is 34.8. The highest BCUT2D eigenvalue weighted by Gasteiger charge is 2.56. The molecule has 9 heteroatoms. The summed E-state index contributed by atoms with van der Waals surface area (Å²) in [7, 11) is -3.97. The van der Waals surface area contributed by atoms with Crippen molar-refractivity contribution < 1.29 is 27.7 Å². The van der Waals surface area contributed by atoms with Crippen LogP contribution < -0.4 is 0 Å². The maximum absolute atomic E-state index is 11.2. The molecule has 0 aliphatic carbocycles. The Morgan fingerprint density at radius 3 is 1.60 bits per heavy atom. The van der Waals surface area contributed by atoms with Crippen molar-refractivity contribution in [1.82, 2.24) is 4.90 Å². The van der Waals surface area contributed by atoms with Crippen LogP contribution in [0.2, 0.25) is 0 Å². The lowest BCUT2D eigenvalue weighted by atomic mass is 10.4. The molecule has 15 heavy (non-hydrogen) atoms. The summed E-state index contributed by atoms with van der Waals surface area (Å²) in [5, 5.41) is 0. The SMILES string of the molecule is O=C1CN2CC(=O)O[Si](Cl)(O1)OC(=O)C2. The van der Waals surface area contributed by atoms with Crippen LogP contribution in [0.3, 0.4) is 0 Å². The van der Waals surface area contributed by atoms with Gasteiger partial charge in [0.15, 0.2) is 0 Å². The molecule has 7 nitrogen and oxygen atoms in total. The third-order valence-electron chi connectivity index (χ3n) is 1.77. The van der Waals surface area contributed by atoms with Crippen LogP contribution in [-0.4, -0.2) is 50.6 Å². The molecule has 0 unspecified atom stereocenters. The zero-order valence-electron chi connectivity index (χ0n) is 7.40. The predicted molar refractivity (Wildman–Crippen MR) is 46.3 cm³/mol. The summed E-state index contributed by atoms with van der Waals surface area (Å²) in [6.07, 6.45) is 0. The molecule has 0 aromatic heterocycles. The minimum Gasteiger partial charge on any atom is -0.442 e. The van der Waals surface area contributed by atoms with E-state index in [4.69, 9.17) is 11.1 Å². The highest BCUT2D eigenvalue weighted by molar-refractivity contribution is 7.11. The van der Waals surface area contributed by atoms with Crippen LogP contribution in [0.4, 0.5) is 0 Å². The number of halogens is 1. The number of hydrogen-bond acceptors (Lipinski definition) is 7. The van der Waals surface area contributed by atoms with Gasteiger partial charge in [-0.15, -0.1) is 0 Å². The van der Waals surface area contributed by atoms with Crippen molar-refractivity contribution in [2.75, 3.05) is 19.6 Å². The standard InChI is InChI=1S/C6H6ClNO6Si/c7-15-12-4(9)1-8(2-5(10)13-15)3-6(11)14-15/h1-3H2. The molecule has 0 spiro atoms. The fourth-order valence-electron chi connectivity index (χ4n) is 1.28. The highest BCUT2D eigenvalue weighted by Crippen LogP contribution is 2.21. The van der Waals surface area contributed by atoms with Gasteiger partial charge in [0.2, 0.25) is 0 Å². The van der Waals surface area contributed by atoms with E-state index in [1.807, 2.05) is 0 Å². The Balaban J connectivity index is 2.32. The van der Waals surface area contributed by atoms with Crippen LogP contribution >= 0.6 is 11.1 Å². The Morgan fingerprint density at radius 1 is 0.933 bits per heavy atom. The van der Waals surface area contributed by atoms with E-state index in [0.29, 0.717) is 0 Å². The van der Waals surface area contributed by atoms with Crippen molar-refractivity contribution in [3.63, 3.8) is 0 Å². The molecule has 0 aromatic carbocycles. The molecule has 0 aromatic rings. The van der Waals surface area contributed by atoms with Crippen molar-refractivity contribution in [2.45, 2.75) is 0 Å². The van der Waals surface area contributed by atoms with Crippen LogP contribution in [0.25, 0.3) is 0 Å². The summed E-state index contributed by atoms with van der Waals surface area (Å²) in [6, 6.07) is 0. The molecule has 3 aliphatic heterocycles. The number of nitrogens with zero attached hydrogens (tertiary/aromatic N) is 1. The van der Waals surface area contributed by atoms with Crippen molar-refractivity contribution in [3.8, 4) is 0 Å². The fraction of sp³-hybridized carbons (Fsp3) is 0.500. The molecule has 0 radical (unpaired) electrons. The summed E-state index contributed by atoms with van der Waals surface area (Å²) in [5.74, 6) is -2.01. The molecule has 3 saturated heterocycles. The normalized spacial score (nSPS) is 35.8. The molecule has 0 atom stereocenters. The largest absolute Gasteiger partial charge is 0.823 e. The van der Waals surface area contributed by atoms with Gasteiger partial charge in [-0.3, -0.25) is 19.3 Å². The first-order chi connectivity index (χ1) is 6.97. The van der Waals surface area contributed by atoms with E-state index < -0.39 is 26.0 Å². The smallest absolute Gasteiger partial charge is 0.442 e. The third kappa shape index (κ3) is 2.28. The van der Waals surface area contributed by atoms with E-state index >= 15 is 0 Å². The number of rotatable bonds is 0. The molecule has 3 rings (SSSR count). The fourth-order valence-corrected chi connectivity index (χ4v) is 3.19. The van der Waals surface area contributed by atoms with Crippen molar-refractivity contribution >= 4 is 37.1 Å². The Hall–Kier alpha value is -1.12. The Kier molecular flexibility index (Phi) is 2.41. The van der Waals surface area contributed by atoms with Gasteiger partial charge in [0.05, 0.1) is 19.6 Å². The van der Waals surface area contributed by atoms with Crippen LogP contribution in [0, 0.1) is 0 Å². The van der Waals surface area contributed by atoms with Crippen LogP contribution in [0.15, 0.2) is 0 Å². The van der Waals surface area contributed by atoms with E-state index in [9.17, 15) is 14.4 Å². The van der Waals surface area contributed by atoms with Gasteiger partial charge in [-0.25, -0.2) is 0 Å². The summed E-state index contributed by atoms with van der Waals surface area (Å²) in [6.45, 7) is -0.525. The topological polar surface area (TPSA) is 82.1 Å². The lowest BCUT2D eigenvalue weighted by Crippen LogP contribution is -2.57. The van der Waals surface area contributed by atoms with E-state index in [1.165, 1.54) is 4.90 Å². The maximum atomic E-state index is 11.2. The van der Waals surface area contributed by atoms with Gasteiger partial charge in [0.25, 0.3) is 0 Å². The minimum atomic E-state index is -3.97. The highest BCUT2D eigenvalue weighted by atomic mass is 35.6. The van der Waals surface area contributed by atoms with Gasteiger partial charge in [0.1, 0.15) is 0 Å². The van der Waals surface area contributed by atoms with Gasteiger partial charge < -0.3 is 13.3 Å².